The minimum absolute atomic E-state index is 0.500. The number of nitrogens with two attached hydrogens (primary N) is 1. The van der Waals surface area contributed by atoms with Crippen molar-refractivity contribution >= 4 is 39.1 Å². The number of pyridine rings is 1. The van der Waals surface area contributed by atoms with E-state index in [-0.39, 0.29) is 0 Å². The van der Waals surface area contributed by atoms with Crippen LogP contribution in [0.25, 0.3) is 0 Å². The molecule has 2 rings (SSSR count). The molecule has 0 bridgehead atoms. The number of aromatic nitrogens is 1. The molecule has 1 aromatic heterocycles. The minimum atomic E-state index is -0.690. The molecule has 0 aliphatic rings. The summed E-state index contributed by atoms with van der Waals surface area (Å²) in [7, 11) is 0. The highest BCUT2D eigenvalue weighted by atomic mass is 79.9. The van der Waals surface area contributed by atoms with Gasteiger partial charge in [-0.15, -0.1) is 0 Å². The van der Waals surface area contributed by atoms with E-state index in [9.17, 15) is 4.79 Å². The standard InChI is InChI=1S/C13H11BrClN3O/c14-9-5-8(6-17-7-9)12(13(16)19)18-11-4-2-1-3-10(11)15/h1-7,12,18H,(H2,16,19). The Morgan fingerprint density at radius 3 is 2.74 bits per heavy atom. The topological polar surface area (TPSA) is 68.0 Å². The van der Waals surface area contributed by atoms with Crippen molar-refractivity contribution in [2.75, 3.05) is 5.32 Å². The molecular formula is C13H11BrClN3O. The summed E-state index contributed by atoms with van der Waals surface area (Å²) in [6.45, 7) is 0. The van der Waals surface area contributed by atoms with Crippen molar-refractivity contribution in [3.8, 4) is 0 Å². The van der Waals surface area contributed by atoms with Crippen LogP contribution in [0.3, 0.4) is 0 Å². The predicted molar refractivity (Wildman–Crippen MR) is 78.9 cm³/mol. The number of halogens is 2. The Morgan fingerprint density at radius 1 is 1.37 bits per heavy atom. The lowest BCUT2D eigenvalue weighted by Crippen LogP contribution is -2.27. The molecule has 1 unspecified atom stereocenters. The van der Waals surface area contributed by atoms with Crippen molar-refractivity contribution in [3.05, 3.63) is 57.8 Å². The van der Waals surface area contributed by atoms with Gasteiger partial charge < -0.3 is 11.1 Å². The largest absolute Gasteiger partial charge is 0.369 e. The zero-order chi connectivity index (χ0) is 13.8. The van der Waals surface area contributed by atoms with Crippen LogP contribution in [-0.2, 0) is 4.79 Å². The average Bonchev–Trinajstić information content (AvgIpc) is 2.37. The molecule has 1 heterocycles. The van der Waals surface area contributed by atoms with Crippen LogP contribution in [0.2, 0.25) is 5.02 Å². The third-order valence-electron chi connectivity index (χ3n) is 2.52. The van der Waals surface area contributed by atoms with Gasteiger partial charge in [0, 0.05) is 22.4 Å². The molecule has 1 atom stereocenters. The van der Waals surface area contributed by atoms with Gasteiger partial charge >= 0.3 is 0 Å². The van der Waals surface area contributed by atoms with Crippen LogP contribution in [0.4, 0.5) is 5.69 Å². The molecule has 98 valence electrons. The predicted octanol–water partition coefficient (Wildman–Crippen LogP) is 3.14. The number of primary amides is 1. The molecule has 0 aliphatic carbocycles. The molecule has 6 heteroatoms. The van der Waals surface area contributed by atoms with Crippen LogP contribution in [-0.4, -0.2) is 10.9 Å². The van der Waals surface area contributed by atoms with E-state index in [0.29, 0.717) is 16.3 Å². The summed E-state index contributed by atoms with van der Waals surface area (Å²) in [4.78, 5) is 15.6. The number of para-hydroxylation sites is 1. The summed E-state index contributed by atoms with van der Waals surface area (Å²) >= 11 is 9.36. The van der Waals surface area contributed by atoms with Crippen molar-refractivity contribution in [1.29, 1.82) is 0 Å². The van der Waals surface area contributed by atoms with Gasteiger partial charge in [0.1, 0.15) is 6.04 Å². The zero-order valence-electron chi connectivity index (χ0n) is 9.81. The first-order valence-corrected chi connectivity index (χ1v) is 6.66. The van der Waals surface area contributed by atoms with Gasteiger partial charge in [0.25, 0.3) is 0 Å². The van der Waals surface area contributed by atoms with E-state index in [4.69, 9.17) is 17.3 Å². The normalized spacial score (nSPS) is 11.9. The van der Waals surface area contributed by atoms with E-state index in [0.717, 1.165) is 4.47 Å². The van der Waals surface area contributed by atoms with Gasteiger partial charge in [0.05, 0.1) is 10.7 Å². The first-order valence-electron chi connectivity index (χ1n) is 5.49. The molecule has 2 aromatic rings. The Kier molecular flexibility index (Phi) is 4.39. The minimum Gasteiger partial charge on any atom is -0.369 e. The van der Waals surface area contributed by atoms with Crippen molar-refractivity contribution in [2.45, 2.75) is 6.04 Å². The van der Waals surface area contributed by atoms with Crippen LogP contribution >= 0.6 is 27.5 Å². The fourth-order valence-corrected chi connectivity index (χ4v) is 2.21. The SMILES string of the molecule is NC(=O)C(Nc1ccccc1Cl)c1cncc(Br)c1. The Hall–Kier alpha value is -1.59. The number of nitrogens with one attached hydrogen (secondary N) is 1. The van der Waals surface area contributed by atoms with Crippen LogP contribution in [0.15, 0.2) is 47.2 Å². The molecule has 0 saturated carbocycles. The van der Waals surface area contributed by atoms with Crippen LogP contribution in [0.5, 0.6) is 0 Å². The van der Waals surface area contributed by atoms with Crippen molar-refractivity contribution in [1.82, 2.24) is 4.98 Å². The van der Waals surface area contributed by atoms with Gasteiger partial charge in [0.2, 0.25) is 5.91 Å². The number of hydrogen-bond donors (Lipinski definition) is 2. The average molecular weight is 341 g/mol. The van der Waals surface area contributed by atoms with Crippen LogP contribution < -0.4 is 11.1 Å². The van der Waals surface area contributed by atoms with E-state index in [2.05, 4.69) is 26.2 Å². The van der Waals surface area contributed by atoms with Gasteiger partial charge in [-0.1, -0.05) is 23.7 Å². The van der Waals surface area contributed by atoms with E-state index in [1.54, 1.807) is 30.6 Å². The summed E-state index contributed by atoms with van der Waals surface area (Å²) < 4.78 is 0.775. The molecule has 0 saturated heterocycles. The lowest BCUT2D eigenvalue weighted by atomic mass is 10.1. The molecule has 0 spiro atoms. The molecule has 0 fully saturated rings. The fraction of sp³-hybridized carbons (Fsp3) is 0.0769. The van der Waals surface area contributed by atoms with E-state index in [1.807, 2.05) is 12.1 Å². The second-order valence-corrected chi connectivity index (χ2v) is 5.22. The van der Waals surface area contributed by atoms with Crippen molar-refractivity contribution in [2.24, 2.45) is 5.73 Å². The van der Waals surface area contributed by atoms with Crippen molar-refractivity contribution < 1.29 is 4.79 Å². The highest BCUT2D eigenvalue weighted by Crippen LogP contribution is 2.26. The summed E-state index contributed by atoms with van der Waals surface area (Å²) in [5.74, 6) is -0.500. The number of carbonyl (C=O) groups is 1. The number of nitrogens with zero attached hydrogens (tertiary/aromatic N) is 1. The Labute approximate surface area is 124 Å². The number of anilines is 1. The van der Waals surface area contributed by atoms with E-state index in [1.165, 1.54) is 0 Å². The Balaban J connectivity index is 2.32. The highest BCUT2D eigenvalue weighted by Gasteiger charge is 2.19. The molecule has 1 amide bonds. The van der Waals surface area contributed by atoms with Gasteiger partial charge in [-0.3, -0.25) is 9.78 Å². The monoisotopic (exact) mass is 339 g/mol. The van der Waals surface area contributed by atoms with Gasteiger partial charge in [0.15, 0.2) is 0 Å². The summed E-state index contributed by atoms with van der Waals surface area (Å²) in [6.07, 6.45) is 3.22. The summed E-state index contributed by atoms with van der Waals surface area (Å²) in [5, 5.41) is 3.55. The molecule has 1 aromatic carbocycles. The number of amides is 1. The molecule has 4 nitrogen and oxygen atoms in total. The van der Waals surface area contributed by atoms with Gasteiger partial charge in [-0.2, -0.15) is 0 Å². The van der Waals surface area contributed by atoms with E-state index >= 15 is 0 Å². The fourth-order valence-electron chi connectivity index (χ4n) is 1.64. The number of carbonyl (C=O) groups excluding carboxylic acids is 1. The van der Waals surface area contributed by atoms with Crippen molar-refractivity contribution in [3.63, 3.8) is 0 Å². The lowest BCUT2D eigenvalue weighted by Gasteiger charge is -2.17. The number of benzene rings is 1. The second kappa shape index (κ2) is 6.04. The van der Waals surface area contributed by atoms with E-state index < -0.39 is 11.9 Å². The first-order chi connectivity index (χ1) is 9.08. The third-order valence-corrected chi connectivity index (χ3v) is 3.28. The first kappa shape index (κ1) is 13.8. The molecular weight excluding hydrogens is 330 g/mol. The third kappa shape index (κ3) is 3.45. The van der Waals surface area contributed by atoms with Crippen LogP contribution in [0, 0.1) is 0 Å². The van der Waals surface area contributed by atoms with Gasteiger partial charge in [-0.25, -0.2) is 0 Å². The maximum atomic E-state index is 11.6. The van der Waals surface area contributed by atoms with Gasteiger partial charge in [-0.05, 0) is 34.1 Å². The quantitative estimate of drug-likeness (QED) is 0.898. The molecule has 3 N–H and O–H groups in total. The Morgan fingerprint density at radius 2 is 2.11 bits per heavy atom. The summed E-state index contributed by atoms with van der Waals surface area (Å²) in [6, 6.07) is 8.25. The molecule has 0 aliphatic heterocycles. The maximum Gasteiger partial charge on any atom is 0.244 e. The molecule has 19 heavy (non-hydrogen) atoms. The summed E-state index contributed by atoms with van der Waals surface area (Å²) in [5.41, 5.74) is 6.74. The Bertz CT molecular complexity index is 606. The molecule has 0 radical (unpaired) electrons. The second-order valence-electron chi connectivity index (χ2n) is 3.90. The van der Waals surface area contributed by atoms with Crippen LogP contribution in [0.1, 0.15) is 11.6 Å². The highest BCUT2D eigenvalue weighted by molar-refractivity contribution is 9.10. The smallest absolute Gasteiger partial charge is 0.244 e. The zero-order valence-corrected chi connectivity index (χ0v) is 12.1. The maximum absolute atomic E-state index is 11.6. The number of rotatable bonds is 4. The lowest BCUT2D eigenvalue weighted by molar-refractivity contribution is -0.118. The number of hydrogen-bond acceptors (Lipinski definition) is 3.